The van der Waals surface area contributed by atoms with Gasteiger partial charge in [0.2, 0.25) is 0 Å². The topological polar surface area (TPSA) is 69.2 Å². The number of guanidine groups is 1. The second kappa shape index (κ2) is 11.0. The van der Waals surface area contributed by atoms with Gasteiger partial charge in [0, 0.05) is 52.4 Å². The number of piperazine rings is 1. The Kier molecular flexibility index (Phi) is 7.61. The monoisotopic (exact) mass is 435 g/mol. The fourth-order valence-corrected chi connectivity index (χ4v) is 3.86. The molecule has 1 aliphatic carbocycles. The van der Waals surface area contributed by atoms with E-state index in [0.717, 1.165) is 57.1 Å². The first-order chi connectivity index (χ1) is 15.7. The normalized spacial score (nSPS) is 17.2. The lowest BCUT2D eigenvalue weighted by Gasteiger charge is -2.36. The van der Waals surface area contributed by atoms with Crippen LogP contribution in [0, 0.1) is 0 Å². The zero-order chi connectivity index (χ0) is 22.2. The van der Waals surface area contributed by atoms with Gasteiger partial charge < -0.3 is 20.3 Å². The molecule has 1 saturated heterocycles. The Morgan fingerprint density at radius 2 is 1.78 bits per heavy atom. The van der Waals surface area contributed by atoms with Crippen LogP contribution in [0.4, 0.5) is 0 Å². The van der Waals surface area contributed by atoms with Crippen molar-refractivity contribution in [2.75, 3.05) is 39.8 Å². The summed E-state index contributed by atoms with van der Waals surface area (Å²) in [6.45, 7) is 5.64. The molecule has 0 spiro atoms. The first kappa shape index (κ1) is 22.1. The number of carbonyl (C=O) groups is 1. The highest BCUT2D eigenvalue weighted by molar-refractivity contribution is 5.80. The molecule has 1 aliphatic heterocycles. The Hall–Kier alpha value is -3.06. The fraction of sp³-hybridized carbons (Fsp3) is 0.440. The highest BCUT2D eigenvalue weighted by Gasteiger charge is 2.23. The molecule has 2 aromatic carbocycles. The molecule has 0 radical (unpaired) electrons. The SMILES string of the molecule is CN=C(NCc1cccc(OCC(=O)NC2CC2)c1)N1CCN(Cc2ccccc2)CC1. The largest absolute Gasteiger partial charge is 0.484 e. The Morgan fingerprint density at radius 1 is 1.03 bits per heavy atom. The number of nitrogens with zero attached hydrogens (tertiary/aromatic N) is 3. The molecule has 2 fully saturated rings. The average molecular weight is 436 g/mol. The second-order valence-corrected chi connectivity index (χ2v) is 8.43. The van der Waals surface area contributed by atoms with Gasteiger partial charge in [-0.2, -0.15) is 0 Å². The molecule has 1 saturated carbocycles. The fourth-order valence-electron chi connectivity index (χ4n) is 3.86. The van der Waals surface area contributed by atoms with E-state index in [9.17, 15) is 4.79 Å². The molecule has 0 atom stereocenters. The molecule has 2 aromatic rings. The predicted octanol–water partition coefficient (Wildman–Crippen LogP) is 2.24. The average Bonchev–Trinajstić information content (AvgIpc) is 3.64. The van der Waals surface area contributed by atoms with E-state index < -0.39 is 0 Å². The molecule has 32 heavy (non-hydrogen) atoms. The predicted molar refractivity (Wildman–Crippen MR) is 127 cm³/mol. The quantitative estimate of drug-likeness (QED) is 0.492. The highest BCUT2D eigenvalue weighted by Crippen LogP contribution is 2.18. The number of carbonyl (C=O) groups excluding carboxylic acids is 1. The van der Waals surface area contributed by atoms with Crippen molar-refractivity contribution in [3.05, 3.63) is 65.7 Å². The van der Waals surface area contributed by atoms with Crippen molar-refractivity contribution in [3.8, 4) is 5.75 Å². The van der Waals surface area contributed by atoms with E-state index in [2.05, 4.69) is 61.8 Å². The third kappa shape index (κ3) is 6.72. The number of rotatable bonds is 8. The summed E-state index contributed by atoms with van der Waals surface area (Å²) in [6.07, 6.45) is 2.16. The number of aliphatic imine (C=N–C) groups is 1. The summed E-state index contributed by atoms with van der Waals surface area (Å²) in [6, 6.07) is 18.8. The number of nitrogens with one attached hydrogen (secondary N) is 2. The molecule has 7 nitrogen and oxygen atoms in total. The summed E-state index contributed by atoms with van der Waals surface area (Å²) >= 11 is 0. The number of hydrogen-bond acceptors (Lipinski definition) is 4. The lowest BCUT2D eigenvalue weighted by atomic mass is 10.2. The van der Waals surface area contributed by atoms with E-state index in [1.165, 1.54) is 5.56 Å². The van der Waals surface area contributed by atoms with E-state index in [-0.39, 0.29) is 12.5 Å². The Morgan fingerprint density at radius 3 is 2.50 bits per heavy atom. The zero-order valence-electron chi connectivity index (χ0n) is 18.8. The minimum absolute atomic E-state index is 0.0529. The van der Waals surface area contributed by atoms with E-state index in [4.69, 9.17) is 4.74 Å². The van der Waals surface area contributed by atoms with Crippen LogP contribution in [0.15, 0.2) is 59.6 Å². The Labute approximate surface area is 190 Å². The molecule has 2 aliphatic rings. The van der Waals surface area contributed by atoms with Gasteiger partial charge in [0.05, 0.1) is 0 Å². The number of benzene rings is 2. The molecule has 0 bridgehead atoms. The summed E-state index contributed by atoms with van der Waals surface area (Å²) in [5.41, 5.74) is 2.45. The van der Waals surface area contributed by atoms with Crippen LogP contribution in [-0.2, 0) is 17.9 Å². The summed E-state index contributed by atoms with van der Waals surface area (Å²) < 4.78 is 5.66. The molecular weight excluding hydrogens is 402 g/mol. The van der Waals surface area contributed by atoms with Gasteiger partial charge in [0.1, 0.15) is 5.75 Å². The number of hydrogen-bond donors (Lipinski definition) is 2. The van der Waals surface area contributed by atoms with Gasteiger partial charge in [-0.15, -0.1) is 0 Å². The Bertz CT molecular complexity index is 906. The Balaban J connectivity index is 1.22. The van der Waals surface area contributed by atoms with Gasteiger partial charge in [-0.3, -0.25) is 14.7 Å². The maximum absolute atomic E-state index is 11.8. The van der Waals surface area contributed by atoms with Crippen LogP contribution in [-0.4, -0.2) is 67.5 Å². The summed E-state index contributed by atoms with van der Waals surface area (Å²) in [5, 5.41) is 6.41. The van der Waals surface area contributed by atoms with Crippen LogP contribution >= 0.6 is 0 Å². The lowest BCUT2D eigenvalue weighted by Crippen LogP contribution is -2.52. The van der Waals surface area contributed by atoms with Gasteiger partial charge in [-0.05, 0) is 36.1 Å². The molecule has 1 amide bonds. The highest BCUT2D eigenvalue weighted by atomic mass is 16.5. The van der Waals surface area contributed by atoms with E-state index >= 15 is 0 Å². The molecule has 0 unspecified atom stereocenters. The van der Waals surface area contributed by atoms with Crippen LogP contribution in [0.3, 0.4) is 0 Å². The van der Waals surface area contributed by atoms with Gasteiger partial charge in [0.25, 0.3) is 5.91 Å². The van der Waals surface area contributed by atoms with Gasteiger partial charge in [-0.25, -0.2) is 0 Å². The van der Waals surface area contributed by atoms with Crippen LogP contribution in [0.1, 0.15) is 24.0 Å². The third-order valence-electron chi connectivity index (χ3n) is 5.79. The van der Waals surface area contributed by atoms with Crippen molar-refractivity contribution in [3.63, 3.8) is 0 Å². The molecule has 7 heteroatoms. The zero-order valence-corrected chi connectivity index (χ0v) is 18.8. The molecule has 4 rings (SSSR count). The summed E-state index contributed by atoms with van der Waals surface area (Å²) in [7, 11) is 1.83. The van der Waals surface area contributed by atoms with Gasteiger partial charge >= 0.3 is 0 Å². The van der Waals surface area contributed by atoms with Crippen LogP contribution < -0.4 is 15.4 Å². The minimum atomic E-state index is -0.0529. The molecule has 1 heterocycles. The maximum Gasteiger partial charge on any atom is 0.258 e. The summed E-state index contributed by atoms with van der Waals surface area (Å²) in [5.74, 6) is 1.57. The van der Waals surface area contributed by atoms with Crippen LogP contribution in [0.5, 0.6) is 5.75 Å². The number of amides is 1. The van der Waals surface area contributed by atoms with E-state index in [0.29, 0.717) is 18.3 Å². The lowest BCUT2D eigenvalue weighted by molar-refractivity contribution is -0.123. The van der Waals surface area contributed by atoms with Crippen LogP contribution in [0.2, 0.25) is 0 Å². The second-order valence-electron chi connectivity index (χ2n) is 8.43. The van der Waals surface area contributed by atoms with Crippen molar-refractivity contribution in [2.45, 2.75) is 32.0 Å². The smallest absolute Gasteiger partial charge is 0.258 e. The number of ether oxygens (including phenoxy) is 1. The van der Waals surface area contributed by atoms with E-state index in [1.807, 2.05) is 25.2 Å². The van der Waals surface area contributed by atoms with Crippen molar-refractivity contribution in [1.82, 2.24) is 20.4 Å². The molecule has 0 aromatic heterocycles. The third-order valence-corrected chi connectivity index (χ3v) is 5.79. The van der Waals surface area contributed by atoms with Crippen molar-refractivity contribution in [2.24, 2.45) is 4.99 Å². The van der Waals surface area contributed by atoms with Crippen LogP contribution in [0.25, 0.3) is 0 Å². The minimum Gasteiger partial charge on any atom is -0.484 e. The molecular formula is C25H33N5O2. The first-order valence-electron chi connectivity index (χ1n) is 11.4. The maximum atomic E-state index is 11.8. The summed E-state index contributed by atoms with van der Waals surface area (Å²) in [4.78, 5) is 21.1. The van der Waals surface area contributed by atoms with E-state index in [1.54, 1.807) is 0 Å². The van der Waals surface area contributed by atoms with Crippen molar-refractivity contribution in [1.29, 1.82) is 0 Å². The first-order valence-corrected chi connectivity index (χ1v) is 11.4. The molecule has 2 N–H and O–H groups in total. The van der Waals surface area contributed by atoms with Gasteiger partial charge in [-0.1, -0.05) is 42.5 Å². The van der Waals surface area contributed by atoms with Crippen molar-refractivity contribution >= 4 is 11.9 Å². The molecule has 170 valence electrons. The van der Waals surface area contributed by atoms with Gasteiger partial charge in [0.15, 0.2) is 12.6 Å². The standard InChI is InChI=1S/C25H33N5O2/c1-26-25(30-14-12-29(13-15-30)18-20-6-3-2-4-7-20)27-17-21-8-5-9-23(16-21)32-19-24(31)28-22-10-11-22/h2-9,16,22H,10-15,17-19H2,1H3,(H,26,27)(H,28,31). The van der Waals surface area contributed by atoms with Crippen molar-refractivity contribution < 1.29 is 9.53 Å².